The van der Waals surface area contributed by atoms with Crippen LogP contribution in [0.4, 0.5) is 11.5 Å². The van der Waals surface area contributed by atoms with Gasteiger partial charge in [-0.3, -0.25) is 4.79 Å². The highest BCUT2D eigenvalue weighted by molar-refractivity contribution is 7.99. The number of aryl methyl sites for hydroxylation is 2. The molecule has 0 bridgehead atoms. The maximum Gasteiger partial charge on any atom is 0.225 e. The van der Waals surface area contributed by atoms with Crippen molar-refractivity contribution in [2.24, 2.45) is 0 Å². The first-order chi connectivity index (χ1) is 12.9. The van der Waals surface area contributed by atoms with Crippen LogP contribution < -0.4 is 11.1 Å². The van der Waals surface area contributed by atoms with Crippen LogP contribution in [0, 0.1) is 20.8 Å². The number of nitrogens with one attached hydrogen (secondary N) is 1. The molecule has 8 heteroatoms. The number of nitrogens with zero attached hydrogens (tertiary/aromatic N) is 4. The van der Waals surface area contributed by atoms with Gasteiger partial charge >= 0.3 is 0 Å². The maximum absolute atomic E-state index is 12.4. The Labute approximate surface area is 162 Å². The van der Waals surface area contributed by atoms with Crippen LogP contribution >= 0.6 is 11.8 Å². The van der Waals surface area contributed by atoms with E-state index < -0.39 is 0 Å². The summed E-state index contributed by atoms with van der Waals surface area (Å²) in [7, 11) is 0. The number of nitrogens with two attached hydrogens (primary N) is 1. The van der Waals surface area contributed by atoms with E-state index in [-0.39, 0.29) is 5.91 Å². The summed E-state index contributed by atoms with van der Waals surface area (Å²) in [6, 6.07) is 11.6. The van der Waals surface area contributed by atoms with Gasteiger partial charge in [0.25, 0.3) is 0 Å². The Kier molecular flexibility index (Phi) is 5.75. The maximum atomic E-state index is 12.4. The predicted octanol–water partition coefficient (Wildman–Crippen LogP) is 3.29. The molecule has 0 spiro atoms. The lowest BCUT2D eigenvalue weighted by Crippen LogP contribution is -2.13. The number of hydrogen-bond donors (Lipinski definition) is 2. The van der Waals surface area contributed by atoms with E-state index in [2.05, 4.69) is 20.4 Å². The fourth-order valence-electron chi connectivity index (χ4n) is 2.71. The second kappa shape index (κ2) is 8.22. The first kappa shape index (κ1) is 18.9. The number of rotatable bonds is 6. The lowest BCUT2D eigenvalue weighted by molar-refractivity contribution is -0.115. The van der Waals surface area contributed by atoms with E-state index in [1.54, 1.807) is 6.07 Å². The molecule has 3 rings (SSSR count). The molecule has 7 nitrogen and oxygen atoms in total. The van der Waals surface area contributed by atoms with Crippen LogP contribution in [0.15, 0.2) is 41.6 Å². The first-order valence-electron chi connectivity index (χ1n) is 8.59. The van der Waals surface area contributed by atoms with Gasteiger partial charge in [0.05, 0.1) is 22.8 Å². The van der Waals surface area contributed by atoms with Crippen LogP contribution in [0.5, 0.6) is 0 Å². The summed E-state index contributed by atoms with van der Waals surface area (Å²) < 4.78 is 1.84. The molecule has 1 amide bonds. The molecule has 0 aliphatic carbocycles. The minimum absolute atomic E-state index is 0.0677. The van der Waals surface area contributed by atoms with E-state index in [9.17, 15) is 4.79 Å². The number of amides is 1. The van der Waals surface area contributed by atoms with Gasteiger partial charge in [0.2, 0.25) is 5.91 Å². The molecule has 0 unspecified atom stereocenters. The molecule has 0 saturated carbocycles. The highest BCUT2D eigenvalue weighted by atomic mass is 32.2. The molecule has 140 valence electrons. The van der Waals surface area contributed by atoms with Crippen LogP contribution in [-0.2, 0) is 4.79 Å². The Morgan fingerprint density at radius 1 is 1.19 bits per heavy atom. The van der Waals surface area contributed by atoms with Crippen molar-refractivity contribution in [1.29, 1.82) is 0 Å². The number of nitrogen functional groups attached to an aromatic ring is 1. The number of aromatic nitrogens is 4. The van der Waals surface area contributed by atoms with E-state index in [1.165, 1.54) is 11.8 Å². The van der Waals surface area contributed by atoms with E-state index in [1.807, 2.05) is 55.8 Å². The molecule has 27 heavy (non-hydrogen) atoms. The zero-order valence-corrected chi connectivity index (χ0v) is 16.4. The highest BCUT2D eigenvalue weighted by Gasteiger charge is 2.15. The number of para-hydroxylation sites is 1. The van der Waals surface area contributed by atoms with Crippen molar-refractivity contribution in [1.82, 2.24) is 19.7 Å². The summed E-state index contributed by atoms with van der Waals surface area (Å²) in [5, 5.41) is 8.11. The van der Waals surface area contributed by atoms with Gasteiger partial charge in [-0.2, -0.15) is 5.10 Å². The Morgan fingerprint density at radius 3 is 2.63 bits per heavy atom. The van der Waals surface area contributed by atoms with E-state index in [0.717, 1.165) is 28.5 Å². The lowest BCUT2D eigenvalue weighted by Gasteiger charge is -2.07. The molecule has 2 aromatic heterocycles. The third kappa shape index (κ3) is 4.65. The summed E-state index contributed by atoms with van der Waals surface area (Å²) in [4.78, 5) is 20.8. The van der Waals surface area contributed by atoms with Gasteiger partial charge in [0.1, 0.15) is 5.82 Å². The second-order valence-corrected chi connectivity index (χ2v) is 7.22. The van der Waals surface area contributed by atoms with E-state index in [0.29, 0.717) is 23.1 Å². The molecule has 0 fully saturated rings. The normalized spacial score (nSPS) is 10.8. The van der Waals surface area contributed by atoms with Crippen molar-refractivity contribution >= 4 is 29.2 Å². The SMILES string of the molecule is Cc1cc(N)nc(SCCC(=O)Nc2c(C)nn(-c3ccccc3)c2C)n1. The van der Waals surface area contributed by atoms with Crippen LogP contribution in [0.1, 0.15) is 23.5 Å². The summed E-state index contributed by atoms with van der Waals surface area (Å²) in [6.07, 6.45) is 0.345. The van der Waals surface area contributed by atoms with E-state index in [4.69, 9.17) is 5.73 Å². The van der Waals surface area contributed by atoms with Gasteiger partial charge in [0, 0.05) is 23.9 Å². The number of benzene rings is 1. The number of carbonyl (C=O) groups excluding carboxylic acids is 1. The Balaban J connectivity index is 1.62. The van der Waals surface area contributed by atoms with Crippen LogP contribution in [0.25, 0.3) is 5.69 Å². The molecule has 0 saturated heterocycles. The molecule has 0 aliphatic rings. The lowest BCUT2D eigenvalue weighted by atomic mass is 10.3. The van der Waals surface area contributed by atoms with Crippen molar-refractivity contribution in [3.05, 3.63) is 53.5 Å². The Bertz CT molecular complexity index is 934. The van der Waals surface area contributed by atoms with E-state index >= 15 is 0 Å². The largest absolute Gasteiger partial charge is 0.384 e. The first-order valence-corrected chi connectivity index (χ1v) is 9.58. The van der Waals surface area contributed by atoms with Gasteiger partial charge in [0.15, 0.2) is 5.16 Å². The highest BCUT2D eigenvalue weighted by Crippen LogP contribution is 2.23. The molecule has 3 aromatic rings. The van der Waals surface area contributed by atoms with Gasteiger partial charge in [-0.1, -0.05) is 30.0 Å². The molecule has 0 atom stereocenters. The summed E-state index contributed by atoms with van der Waals surface area (Å²) >= 11 is 1.41. The van der Waals surface area contributed by atoms with Gasteiger partial charge in [-0.15, -0.1) is 0 Å². The molecule has 2 heterocycles. The molecule has 3 N–H and O–H groups in total. The summed E-state index contributed by atoms with van der Waals surface area (Å²) in [6.45, 7) is 5.70. The molecule has 0 radical (unpaired) electrons. The van der Waals surface area contributed by atoms with Gasteiger partial charge in [-0.25, -0.2) is 14.6 Å². The monoisotopic (exact) mass is 382 g/mol. The number of anilines is 2. The third-order valence-corrected chi connectivity index (χ3v) is 4.82. The zero-order chi connectivity index (χ0) is 19.4. The predicted molar refractivity (Wildman–Crippen MR) is 108 cm³/mol. The minimum Gasteiger partial charge on any atom is -0.384 e. The topological polar surface area (TPSA) is 98.7 Å². The third-order valence-electron chi connectivity index (χ3n) is 3.97. The average Bonchev–Trinajstić information content (AvgIpc) is 2.90. The fourth-order valence-corrected chi connectivity index (χ4v) is 3.56. The molecule has 1 aromatic carbocycles. The van der Waals surface area contributed by atoms with Crippen molar-refractivity contribution in [3.63, 3.8) is 0 Å². The van der Waals surface area contributed by atoms with Crippen molar-refractivity contribution in [2.75, 3.05) is 16.8 Å². The number of thioether (sulfide) groups is 1. The summed E-state index contributed by atoms with van der Waals surface area (Å²) in [5.41, 5.74) is 9.94. The smallest absolute Gasteiger partial charge is 0.225 e. The van der Waals surface area contributed by atoms with Crippen LogP contribution in [0.2, 0.25) is 0 Å². The minimum atomic E-state index is -0.0677. The van der Waals surface area contributed by atoms with Gasteiger partial charge < -0.3 is 11.1 Å². The zero-order valence-electron chi connectivity index (χ0n) is 15.6. The standard InChI is InChI=1S/C19H22N6OS/c1-12-11-16(20)22-19(21-12)27-10-9-17(26)23-18-13(2)24-25(14(18)3)15-7-5-4-6-8-15/h4-8,11H,9-10H2,1-3H3,(H,23,26)(H2,20,21,22). The quantitative estimate of drug-likeness (QED) is 0.501. The molecular weight excluding hydrogens is 360 g/mol. The van der Waals surface area contributed by atoms with Crippen LogP contribution in [0.3, 0.4) is 0 Å². The molecular formula is C19H22N6OS. The van der Waals surface area contributed by atoms with Crippen molar-refractivity contribution in [2.45, 2.75) is 32.3 Å². The van der Waals surface area contributed by atoms with Crippen molar-refractivity contribution in [3.8, 4) is 5.69 Å². The second-order valence-electron chi connectivity index (χ2n) is 6.16. The van der Waals surface area contributed by atoms with Crippen molar-refractivity contribution < 1.29 is 4.79 Å². The Morgan fingerprint density at radius 2 is 1.93 bits per heavy atom. The summed E-state index contributed by atoms with van der Waals surface area (Å²) in [5.74, 6) is 0.940. The van der Waals surface area contributed by atoms with Gasteiger partial charge in [-0.05, 0) is 32.9 Å². The number of carbonyl (C=O) groups is 1. The Hall–Kier alpha value is -2.87. The van der Waals surface area contributed by atoms with Crippen LogP contribution in [-0.4, -0.2) is 31.4 Å². The average molecular weight is 382 g/mol. The molecule has 0 aliphatic heterocycles. The fraction of sp³-hybridized carbons (Fsp3) is 0.263. The number of hydrogen-bond acceptors (Lipinski definition) is 6.